The molecule has 0 radical (unpaired) electrons. The van der Waals surface area contributed by atoms with Crippen molar-refractivity contribution in [1.82, 2.24) is 10.3 Å². The van der Waals surface area contributed by atoms with E-state index in [0.29, 0.717) is 24.1 Å². The molecule has 0 atom stereocenters. The Kier molecular flexibility index (Phi) is 4.56. The fourth-order valence-corrected chi connectivity index (χ4v) is 1.82. The molecule has 0 aliphatic heterocycles. The molecule has 0 aliphatic rings. The molecule has 1 heterocycles. The molecule has 0 saturated carbocycles. The number of nitrogens with one attached hydrogen (secondary N) is 1. The van der Waals surface area contributed by atoms with Gasteiger partial charge >= 0.3 is 0 Å². The summed E-state index contributed by atoms with van der Waals surface area (Å²) in [7, 11) is 0. The third kappa shape index (κ3) is 3.70. The molecule has 0 spiro atoms. The van der Waals surface area contributed by atoms with E-state index in [1.807, 2.05) is 37.3 Å². The van der Waals surface area contributed by atoms with Crippen LogP contribution in [-0.4, -0.2) is 17.4 Å². The second kappa shape index (κ2) is 6.37. The van der Waals surface area contributed by atoms with Crippen LogP contribution < -0.4 is 5.32 Å². The summed E-state index contributed by atoms with van der Waals surface area (Å²) in [6, 6.07) is 9.69. The van der Waals surface area contributed by atoms with Crippen molar-refractivity contribution in [2.24, 2.45) is 5.92 Å². The molecule has 1 aromatic carbocycles. The van der Waals surface area contributed by atoms with Crippen molar-refractivity contribution in [3.63, 3.8) is 0 Å². The molecule has 4 heteroatoms. The molecule has 2 rings (SSSR count). The molecule has 106 valence electrons. The minimum Gasteiger partial charge on any atom is -0.440 e. The van der Waals surface area contributed by atoms with Crippen molar-refractivity contribution in [2.45, 2.75) is 27.2 Å². The van der Waals surface area contributed by atoms with Crippen LogP contribution in [0, 0.1) is 12.8 Å². The van der Waals surface area contributed by atoms with Gasteiger partial charge in [0, 0.05) is 12.1 Å². The molecule has 0 bridgehead atoms. The highest BCUT2D eigenvalue weighted by Gasteiger charge is 2.14. The first-order valence-corrected chi connectivity index (χ1v) is 6.84. The van der Waals surface area contributed by atoms with Crippen LogP contribution in [0.1, 0.15) is 25.3 Å². The molecule has 2 aromatic rings. The highest BCUT2D eigenvalue weighted by Crippen LogP contribution is 2.21. The van der Waals surface area contributed by atoms with E-state index in [-0.39, 0.29) is 12.3 Å². The zero-order valence-corrected chi connectivity index (χ0v) is 12.1. The summed E-state index contributed by atoms with van der Waals surface area (Å²) >= 11 is 0. The van der Waals surface area contributed by atoms with Crippen LogP contribution in [0.5, 0.6) is 0 Å². The standard InChI is InChI=1S/C16H20N2O2/c1-11(2)10-17-15(19)9-14-12(3)18-16(20-14)13-7-5-4-6-8-13/h4-8,11H,9-10H2,1-3H3,(H,17,19). The fourth-order valence-electron chi connectivity index (χ4n) is 1.82. The second-order valence-corrected chi connectivity index (χ2v) is 5.27. The lowest BCUT2D eigenvalue weighted by atomic mass is 10.2. The van der Waals surface area contributed by atoms with Gasteiger partial charge in [-0.3, -0.25) is 4.79 Å². The summed E-state index contributed by atoms with van der Waals surface area (Å²) in [6.07, 6.45) is 0.235. The highest BCUT2D eigenvalue weighted by molar-refractivity contribution is 5.78. The molecule has 20 heavy (non-hydrogen) atoms. The molecule has 1 aromatic heterocycles. The van der Waals surface area contributed by atoms with Gasteiger partial charge in [-0.25, -0.2) is 4.98 Å². The normalized spacial score (nSPS) is 10.8. The number of hydrogen-bond acceptors (Lipinski definition) is 3. The molecule has 0 unspecified atom stereocenters. The number of amides is 1. The maximum absolute atomic E-state index is 11.8. The van der Waals surface area contributed by atoms with Gasteiger partial charge in [-0.15, -0.1) is 0 Å². The number of aromatic nitrogens is 1. The predicted octanol–water partition coefficient (Wildman–Crippen LogP) is 2.96. The van der Waals surface area contributed by atoms with Crippen LogP contribution in [0.2, 0.25) is 0 Å². The third-order valence-corrected chi connectivity index (χ3v) is 2.94. The van der Waals surface area contributed by atoms with Crippen molar-refractivity contribution in [2.75, 3.05) is 6.54 Å². The molecule has 0 fully saturated rings. The number of carbonyl (C=O) groups is 1. The molecule has 1 N–H and O–H groups in total. The molecule has 1 amide bonds. The molecule has 0 saturated heterocycles. The van der Waals surface area contributed by atoms with E-state index < -0.39 is 0 Å². The molecule has 0 aliphatic carbocycles. The summed E-state index contributed by atoms with van der Waals surface area (Å²) < 4.78 is 5.71. The lowest BCUT2D eigenvalue weighted by Crippen LogP contribution is -2.28. The quantitative estimate of drug-likeness (QED) is 0.910. The fraction of sp³-hybridized carbons (Fsp3) is 0.375. The zero-order valence-electron chi connectivity index (χ0n) is 12.1. The number of carbonyl (C=O) groups excluding carboxylic acids is 1. The summed E-state index contributed by atoms with van der Waals surface area (Å²) in [5, 5.41) is 2.88. The van der Waals surface area contributed by atoms with Crippen LogP contribution in [0.4, 0.5) is 0 Å². The van der Waals surface area contributed by atoms with Crippen LogP contribution in [0.3, 0.4) is 0 Å². The summed E-state index contributed by atoms with van der Waals surface area (Å²) in [6.45, 7) is 6.67. The molecular weight excluding hydrogens is 252 g/mol. The Morgan fingerprint density at radius 1 is 1.30 bits per heavy atom. The topological polar surface area (TPSA) is 55.1 Å². The zero-order chi connectivity index (χ0) is 14.5. The first-order chi connectivity index (χ1) is 9.56. The Morgan fingerprint density at radius 2 is 2.00 bits per heavy atom. The van der Waals surface area contributed by atoms with Gasteiger partial charge in [0.25, 0.3) is 0 Å². The van der Waals surface area contributed by atoms with E-state index in [2.05, 4.69) is 24.1 Å². The highest BCUT2D eigenvalue weighted by atomic mass is 16.4. The predicted molar refractivity (Wildman–Crippen MR) is 78.2 cm³/mol. The van der Waals surface area contributed by atoms with Crippen molar-refractivity contribution in [1.29, 1.82) is 0 Å². The Morgan fingerprint density at radius 3 is 2.65 bits per heavy atom. The molecule has 4 nitrogen and oxygen atoms in total. The van der Waals surface area contributed by atoms with Crippen molar-refractivity contribution < 1.29 is 9.21 Å². The van der Waals surface area contributed by atoms with E-state index >= 15 is 0 Å². The number of nitrogens with zero attached hydrogens (tertiary/aromatic N) is 1. The first-order valence-electron chi connectivity index (χ1n) is 6.84. The minimum atomic E-state index is -0.0300. The van der Waals surface area contributed by atoms with E-state index in [4.69, 9.17) is 4.42 Å². The van der Waals surface area contributed by atoms with Crippen molar-refractivity contribution in [3.05, 3.63) is 41.8 Å². The van der Waals surface area contributed by atoms with E-state index in [1.165, 1.54) is 0 Å². The summed E-state index contributed by atoms with van der Waals surface area (Å²) in [5.41, 5.74) is 1.69. The van der Waals surface area contributed by atoms with Gasteiger partial charge in [0.15, 0.2) is 0 Å². The van der Waals surface area contributed by atoms with Crippen molar-refractivity contribution >= 4 is 5.91 Å². The van der Waals surface area contributed by atoms with Crippen LogP contribution in [-0.2, 0) is 11.2 Å². The number of rotatable bonds is 5. The number of benzene rings is 1. The van der Waals surface area contributed by atoms with E-state index in [9.17, 15) is 4.79 Å². The van der Waals surface area contributed by atoms with Crippen LogP contribution >= 0.6 is 0 Å². The Balaban J connectivity index is 2.07. The van der Waals surface area contributed by atoms with E-state index in [1.54, 1.807) is 0 Å². The van der Waals surface area contributed by atoms with Crippen molar-refractivity contribution in [3.8, 4) is 11.5 Å². The smallest absolute Gasteiger partial charge is 0.227 e. The Labute approximate surface area is 119 Å². The van der Waals surface area contributed by atoms with Gasteiger partial charge in [-0.2, -0.15) is 0 Å². The van der Waals surface area contributed by atoms with Gasteiger partial charge in [0.05, 0.1) is 12.1 Å². The average molecular weight is 272 g/mol. The largest absolute Gasteiger partial charge is 0.440 e. The second-order valence-electron chi connectivity index (χ2n) is 5.27. The van der Waals surface area contributed by atoms with Gasteiger partial charge < -0.3 is 9.73 Å². The SMILES string of the molecule is Cc1nc(-c2ccccc2)oc1CC(=O)NCC(C)C. The number of aryl methyl sites for hydroxylation is 1. The van der Waals surface area contributed by atoms with Gasteiger partial charge in [-0.1, -0.05) is 32.0 Å². The maximum atomic E-state index is 11.8. The molecular formula is C16H20N2O2. The average Bonchev–Trinajstić information content (AvgIpc) is 2.79. The van der Waals surface area contributed by atoms with Crippen LogP contribution in [0.15, 0.2) is 34.7 Å². The van der Waals surface area contributed by atoms with Gasteiger partial charge in [-0.05, 0) is 25.0 Å². The summed E-state index contributed by atoms with van der Waals surface area (Å²) in [4.78, 5) is 16.2. The monoisotopic (exact) mass is 272 g/mol. The van der Waals surface area contributed by atoms with Gasteiger partial charge in [0.2, 0.25) is 11.8 Å². The third-order valence-electron chi connectivity index (χ3n) is 2.94. The summed E-state index contributed by atoms with van der Waals surface area (Å²) in [5.74, 6) is 1.60. The Hall–Kier alpha value is -2.10. The number of hydrogen-bond donors (Lipinski definition) is 1. The first kappa shape index (κ1) is 14.3. The van der Waals surface area contributed by atoms with Gasteiger partial charge in [0.1, 0.15) is 5.76 Å². The maximum Gasteiger partial charge on any atom is 0.227 e. The minimum absolute atomic E-state index is 0.0300. The Bertz CT molecular complexity index is 573. The number of oxazole rings is 1. The lowest BCUT2D eigenvalue weighted by molar-refractivity contribution is -0.120. The van der Waals surface area contributed by atoms with E-state index in [0.717, 1.165) is 11.3 Å². The lowest BCUT2D eigenvalue weighted by Gasteiger charge is -2.06. The van der Waals surface area contributed by atoms with Crippen LogP contribution in [0.25, 0.3) is 11.5 Å².